The lowest BCUT2D eigenvalue weighted by Gasteiger charge is -2.07. The first-order valence-electron chi connectivity index (χ1n) is 5.76. The maximum atomic E-state index is 13.0. The van der Waals surface area contributed by atoms with Gasteiger partial charge in [0, 0.05) is 0 Å². The Labute approximate surface area is 104 Å². The normalized spacial score (nSPS) is 17.1. The van der Waals surface area contributed by atoms with E-state index in [2.05, 4.69) is 9.47 Å². The van der Waals surface area contributed by atoms with E-state index in [1.54, 1.807) is 13.0 Å². The monoisotopic (exact) mass is 252 g/mol. The number of ether oxygens (including phenoxy) is 2. The molecule has 0 radical (unpaired) electrons. The van der Waals surface area contributed by atoms with Crippen LogP contribution in [0.15, 0.2) is 18.2 Å². The molecule has 0 amide bonds. The van der Waals surface area contributed by atoms with Crippen molar-refractivity contribution in [3.05, 3.63) is 35.1 Å². The first kappa shape index (κ1) is 12.5. The van der Waals surface area contributed by atoms with E-state index >= 15 is 0 Å². The number of esters is 1. The zero-order chi connectivity index (χ0) is 13.1. The number of hydrogen-bond acceptors (Lipinski definition) is 4. The molecule has 0 saturated carbocycles. The van der Waals surface area contributed by atoms with Crippen molar-refractivity contribution in [3.63, 3.8) is 0 Å². The lowest BCUT2D eigenvalue weighted by Crippen LogP contribution is -2.22. The van der Waals surface area contributed by atoms with Gasteiger partial charge in [-0.15, -0.1) is 0 Å². The van der Waals surface area contributed by atoms with Gasteiger partial charge in [-0.2, -0.15) is 0 Å². The SMILES string of the molecule is CCOC(=O)OC(=O)C1Cc2ccc(F)cc2C1. The van der Waals surface area contributed by atoms with Crippen molar-refractivity contribution in [2.75, 3.05) is 6.61 Å². The maximum Gasteiger partial charge on any atom is 0.516 e. The number of benzene rings is 1. The molecule has 0 bridgehead atoms. The van der Waals surface area contributed by atoms with Gasteiger partial charge in [0.05, 0.1) is 12.5 Å². The molecule has 1 aromatic carbocycles. The smallest absolute Gasteiger partial charge is 0.434 e. The summed E-state index contributed by atoms with van der Waals surface area (Å²) in [6.45, 7) is 1.78. The summed E-state index contributed by atoms with van der Waals surface area (Å²) in [5, 5.41) is 0. The summed E-state index contributed by atoms with van der Waals surface area (Å²) in [7, 11) is 0. The van der Waals surface area contributed by atoms with Gasteiger partial charge in [-0.1, -0.05) is 6.07 Å². The summed E-state index contributed by atoms with van der Waals surface area (Å²) in [4.78, 5) is 22.7. The van der Waals surface area contributed by atoms with Crippen molar-refractivity contribution < 1.29 is 23.5 Å². The number of hydrogen-bond donors (Lipinski definition) is 0. The zero-order valence-corrected chi connectivity index (χ0v) is 9.94. The molecule has 18 heavy (non-hydrogen) atoms. The molecule has 0 saturated heterocycles. The average molecular weight is 252 g/mol. The summed E-state index contributed by atoms with van der Waals surface area (Å²) >= 11 is 0. The molecule has 2 rings (SSSR count). The summed E-state index contributed by atoms with van der Waals surface area (Å²) in [5.74, 6) is -1.38. The molecule has 1 aromatic rings. The van der Waals surface area contributed by atoms with Gasteiger partial charge in [-0.05, 0) is 43.0 Å². The number of halogens is 1. The standard InChI is InChI=1S/C13H13FO4/c1-2-17-13(16)18-12(15)10-5-8-3-4-11(14)7-9(8)6-10/h3-4,7,10H,2,5-6H2,1H3. The predicted octanol–water partition coefficient (Wildman–Crippen LogP) is 2.24. The Balaban J connectivity index is 1.98. The second-order valence-electron chi connectivity index (χ2n) is 4.12. The van der Waals surface area contributed by atoms with Gasteiger partial charge in [0.25, 0.3) is 0 Å². The highest BCUT2D eigenvalue weighted by atomic mass is 19.1. The molecular formula is C13H13FO4. The minimum atomic E-state index is -0.982. The van der Waals surface area contributed by atoms with Crippen LogP contribution >= 0.6 is 0 Å². The largest absolute Gasteiger partial charge is 0.516 e. The van der Waals surface area contributed by atoms with Crippen molar-refractivity contribution in [1.29, 1.82) is 0 Å². The molecule has 0 fully saturated rings. The Bertz CT molecular complexity index is 484. The van der Waals surface area contributed by atoms with Crippen molar-refractivity contribution in [1.82, 2.24) is 0 Å². The Morgan fingerprint density at radius 3 is 2.78 bits per heavy atom. The molecule has 0 N–H and O–H groups in total. The molecule has 0 spiro atoms. The molecule has 1 aliphatic carbocycles. The van der Waals surface area contributed by atoms with Crippen LogP contribution in [0.1, 0.15) is 18.1 Å². The van der Waals surface area contributed by atoms with E-state index in [0.717, 1.165) is 11.1 Å². The summed E-state index contributed by atoms with van der Waals surface area (Å²) in [6.07, 6.45) is -0.122. The van der Waals surface area contributed by atoms with E-state index in [0.29, 0.717) is 12.8 Å². The van der Waals surface area contributed by atoms with Crippen LogP contribution in [-0.2, 0) is 27.1 Å². The minimum absolute atomic E-state index is 0.155. The Hall–Kier alpha value is -1.91. The van der Waals surface area contributed by atoms with Gasteiger partial charge < -0.3 is 9.47 Å². The molecule has 1 atom stereocenters. The van der Waals surface area contributed by atoms with Crippen LogP contribution in [0.4, 0.5) is 9.18 Å². The Morgan fingerprint density at radius 1 is 1.33 bits per heavy atom. The zero-order valence-electron chi connectivity index (χ0n) is 9.94. The first-order valence-corrected chi connectivity index (χ1v) is 5.76. The van der Waals surface area contributed by atoms with Crippen LogP contribution in [0.3, 0.4) is 0 Å². The molecule has 0 aromatic heterocycles. The van der Waals surface area contributed by atoms with Crippen LogP contribution in [0.25, 0.3) is 0 Å². The summed E-state index contributed by atoms with van der Waals surface area (Å²) in [5.41, 5.74) is 1.71. The molecule has 1 unspecified atom stereocenters. The van der Waals surface area contributed by atoms with E-state index in [1.165, 1.54) is 12.1 Å². The molecule has 96 valence electrons. The van der Waals surface area contributed by atoms with Crippen molar-refractivity contribution >= 4 is 12.1 Å². The van der Waals surface area contributed by atoms with E-state index in [1.807, 2.05) is 0 Å². The second-order valence-corrected chi connectivity index (χ2v) is 4.12. The highest BCUT2D eigenvalue weighted by molar-refractivity contribution is 5.84. The molecular weight excluding hydrogens is 239 g/mol. The van der Waals surface area contributed by atoms with Crippen LogP contribution in [0.2, 0.25) is 0 Å². The van der Waals surface area contributed by atoms with Crippen LogP contribution in [0.5, 0.6) is 0 Å². The Kier molecular flexibility index (Phi) is 3.60. The van der Waals surface area contributed by atoms with Gasteiger partial charge >= 0.3 is 12.1 Å². The summed E-state index contributed by atoms with van der Waals surface area (Å²) < 4.78 is 22.1. The average Bonchev–Trinajstić information content (AvgIpc) is 2.72. The van der Waals surface area contributed by atoms with Crippen LogP contribution < -0.4 is 0 Å². The van der Waals surface area contributed by atoms with Crippen molar-refractivity contribution in [3.8, 4) is 0 Å². The molecule has 0 heterocycles. The Morgan fingerprint density at radius 2 is 2.06 bits per heavy atom. The second kappa shape index (κ2) is 5.16. The third kappa shape index (κ3) is 2.67. The number of carbonyl (C=O) groups is 2. The topological polar surface area (TPSA) is 52.6 Å². The number of rotatable bonds is 2. The third-order valence-corrected chi connectivity index (χ3v) is 2.88. The van der Waals surface area contributed by atoms with Gasteiger partial charge in [-0.3, -0.25) is 4.79 Å². The lowest BCUT2D eigenvalue weighted by molar-refractivity contribution is -0.144. The predicted molar refractivity (Wildman–Crippen MR) is 60.4 cm³/mol. The number of fused-ring (bicyclic) bond motifs is 1. The first-order chi connectivity index (χ1) is 8.60. The van der Waals surface area contributed by atoms with E-state index in [9.17, 15) is 14.0 Å². The van der Waals surface area contributed by atoms with E-state index < -0.39 is 18.0 Å². The quantitative estimate of drug-likeness (QED) is 0.598. The molecule has 0 aliphatic heterocycles. The molecule has 1 aliphatic rings. The van der Waals surface area contributed by atoms with Crippen molar-refractivity contribution in [2.45, 2.75) is 19.8 Å². The highest BCUT2D eigenvalue weighted by Crippen LogP contribution is 2.28. The summed E-state index contributed by atoms with van der Waals surface area (Å²) in [6, 6.07) is 4.42. The maximum absolute atomic E-state index is 13.0. The highest BCUT2D eigenvalue weighted by Gasteiger charge is 2.30. The fourth-order valence-electron chi connectivity index (χ4n) is 2.07. The number of carbonyl (C=O) groups excluding carboxylic acids is 2. The van der Waals surface area contributed by atoms with E-state index in [4.69, 9.17) is 0 Å². The molecule has 4 nitrogen and oxygen atoms in total. The van der Waals surface area contributed by atoms with Gasteiger partial charge in [-0.25, -0.2) is 9.18 Å². The van der Waals surface area contributed by atoms with Gasteiger partial charge in [0.15, 0.2) is 0 Å². The van der Waals surface area contributed by atoms with Gasteiger partial charge in [0.2, 0.25) is 0 Å². The fraction of sp³-hybridized carbons (Fsp3) is 0.385. The fourth-order valence-corrected chi connectivity index (χ4v) is 2.07. The third-order valence-electron chi connectivity index (χ3n) is 2.88. The minimum Gasteiger partial charge on any atom is -0.434 e. The lowest BCUT2D eigenvalue weighted by atomic mass is 10.1. The van der Waals surface area contributed by atoms with Gasteiger partial charge in [0.1, 0.15) is 5.82 Å². The van der Waals surface area contributed by atoms with Crippen molar-refractivity contribution in [2.24, 2.45) is 5.92 Å². The van der Waals surface area contributed by atoms with Crippen LogP contribution in [-0.4, -0.2) is 18.7 Å². The van der Waals surface area contributed by atoms with E-state index in [-0.39, 0.29) is 12.4 Å². The molecule has 5 heteroatoms. The van der Waals surface area contributed by atoms with Crippen LogP contribution in [0, 0.1) is 11.7 Å².